The van der Waals surface area contributed by atoms with Crippen molar-refractivity contribution in [3.63, 3.8) is 0 Å². The first-order chi connectivity index (χ1) is 19.3. The number of aromatic nitrogens is 1. The van der Waals surface area contributed by atoms with E-state index in [2.05, 4.69) is 5.16 Å². The van der Waals surface area contributed by atoms with E-state index in [0.717, 1.165) is 22.5 Å². The predicted octanol–water partition coefficient (Wildman–Crippen LogP) is 6.64. The van der Waals surface area contributed by atoms with E-state index >= 15 is 0 Å². The number of aliphatic carboxylic acids is 1. The van der Waals surface area contributed by atoms with E-state index in [-0.39, 0.29) is 52.9 Å². The molecule has 0 saturated heterocycles. The molecule has 41 heavy (non-hydrogen) atoms. The Balaban J connectivity index is 1.57. The summed E-state index contributed by atoms with van der Waals surface area (Å²) in [4.78, 5) is 10.5. The van der Waals surface area contributed by atoms with Crippen LogP contribution in [0.2, 0.25) is 5.02 Å². The number of hydrogen-bond donors (Lipinski definition) is 1. The number of benzene rings is 3. The highest BCUT2D eigenvalue weighted by Crippen LogP contribution is 2.42. The molecule has 1 N–H and O–H groups in total. The van der Waals surface area contributed by atoms with Gasteiger partial charge >= 0.3 is 12.1 Å². The van der Waals surface area contributed by atoms with Gasteiger partial charge in [0.1, 0.15) is 23.4 Å². The van der Waals surface area contributed by atoms with E-state index in [0.29, 0.717) is 11.6 Å². The van der Waals surface area contributed by atoms with Crippen molar-refractivity contribution in [3.05, 3.63) is 83.1 Å². The lowest BCUT2D eigenvalue weighted by Gasteiger charge is -2.35. The fraction of sp³-hybridized carbons (Fsp3) is 0.185. The Kier molecular flexibility index (Phi) is 7.43. The Morgan fingerprint density at radius 2 is 1.85 bits per heavy atom. The molecule has 3 aromatic carbocycles. The molecule has 5 rings (SSSR count). The van der Waals surface area contributed by atoms with Crippen LogP contribution in [0.5, 0.6) is 5.75 Å². The van der Waals surface area contributed by atoms with Gasteiger partial charge in [-0.3, -0.25) is 9.10 Å². The van der Waals surface area contributed by atoms with Crippen molar-refractivity contribution in [1.82, 2.24) is 5.16 Å². The standard InChI is InChI=1S/C27H19ClF4N2O6S/c28-19-5-2-6-20(29)26(19)24-13-21(33-40-24)15-7-9-23-22(11-15)34(14-17(39-23)8-10-25(35)36)41(37,38)18-4-1-3-16(12-18)27(30,31)32/h1-7,9,11-13,17H,8,10,14H2,(H,35,36)/t17-/m0/s1. The number of sulfonamides is 1. The van der Waals surface area contributed by atoms with E-state index in [1.165, 1.54) is 42.5 Å². The number of fused-ring (bicyclic) bond motifs is 1. The van der Waals surface area contributed by atoms with Crippen LogP contribution in [0.4, 0.5) is 23.2 Å². The number of alkyl halides is 3. The molecule has 0 bridgehead atoms. The Hall–Kier alpha value is -4.10. The Morgan fingerprint density at radius 3 is 2.56 bits per heavy atom. The topological polar surface area (TPSA) is 110 Å². The van der Waals surface area contributed by atoms with Gasteiger partial charge in [-0.25, -0.2) is 12.8 Å². The number of nitrogens with zero attached hydrogens (tertiary/aromatic N) is 2. The van der Waals surface area contributed by atoms with Crippen molar-refractivity contribution in [2.75, 3.05) is 10.8 Å². The molecule has 1 atom stereocenters. The fourth-order valence-electron chi connectivity index (χ4n) is 4.36. The van der Waals surface area contributed by atoms with E-state index in [4.69, 9.17) is 26.0 Å². The number of carboxylic acids is 1. The van der Waals surface area contributed by atoms with Gasteiger partial charge in [0.15, 0.2) is 5.76 Å². The molecule has 4 aromatic rings. The number of carbonyl (C=O) groups is 1. The maximum Gasteiger partial charge on any atom is 0.416 e. The van der Waals surface area contributed by atoms with Crippen molar-refractivity contribution in [2.24, 2.45) is 0 Å². The van der Waals surface area contributed by atoms with Crippen LogP contribution < -0.4 is 9.04 Å². The molecule has 2 heterocycles. The SMILES string of the molecule is O=C(O)CC[C@H]1CN(S(=O)(=O)c2cccc(C(F)(F)F)c2)c2cc(-c3cc(-c4c(F)cccc4Cl)on3)ccc2O1. The van der Waals surface area contributed by atoms with Crippen molar-refractivity contribution in [3.8, 4) is 28.3 Å². The van der Waals surface area contributed by atoms with Crippen molar-refractivity contribution < 1.29 is 45.1 Å². The van der Waals surface area contributed by atoms with E-state index in [9.17, 15) is 30.8 Å². The molecule has 8 nitrogen and oxygen atoms in total. The van der Waals surface area contributed by atoms with Gasteiger partial charge in [0, 0.05) is 18.1 Å². The zero-order valence-electron chi connectivity index (χ0n) is 20.7. The van der Waals surface area contributed by atoms with Crippen molar-refractivity contribution >= 4 is 33.3 Å². The molecule has 0 amide bonds. The van der Waals surface area contributed by atoms with Crippen LogP contribution in [-0.4, -0.2) is 37.3 Å². The summed E-state index contributed by atoms with van der Waals surface area (Å²) in [5.41, 5.74) is -0.677. The summed E-state index contributed by atoms with van der Waals surface area (Å²) in [7, 11) is -4.58. The maximum absolute atomic E-state index is 14.4. The summed E-state index contributed by atoms with van der Waals surface area (Å²) in [6.45, 7) is -0.364. The first-order valence-corrected chi connectivity index (χ1v) is 13.8. The van der Waals surface area contributed by atoms with Gasteiger partial charge in [-0.05, 0) is 55.0 Å². The van der Waals surface area contributed by atoms with Crippen LogP contribution in [0.1, 0.15) is 18.4 Å². The Bertz CT molecular complexity index is 1720. The lowest BCUT2D eigenvalue weighted by atomic mass is 10.1. The minimum absolute atomic E-state index is 0.0132. The zero-order valence-corrected chi connectivity index (χ0v) is 22.3. The second kappa shape index (κ2) is 10.7. The summed E-state index contributed by atoms with van der Waals surface area (Å²) < 4.78 is 93.9. The molecule has 14 heteroatoms. The van der Waals surface area contributed by atoms with Gasteiger partial charge in [-0.1, -0.05) is 28.9 Å². The Morgan fingerprint density at radius 1 is 1.10 bits per heavy atom. The number of ether oxygens (including phenoxy) is 1. The lowest BCUT2D eigenvalue weighted by Crippen LogP contribution is -2.43. The summed E-state index contributed by atoms with van der Waals surface area (Å²) in [6.07, 6.45) is -6.05. The van der Waals surface area contributed by atoms with Gasteiger partial charge in [0.05, 0.1) is 33.3 Å². The van der Waals surface area contributed by atoms with Crippen LogP contribution >= 0.6 is 11.6 Å². The zero-order chi connectivity index (χ0) is 29.5. The molecule has 214 valence electrons. The van der Waals surface area contributed by atoms with E-state index in [1.54, 1.807) is 0 Å². The lowest BCUT2D eigenvalue weighted by molar-refractivity contribution is -0.138. The second-order valence-corrected chi connectivity index (χ2v) is 11.4. The summed E-state index contributed by atoms with van der Waals surface area (Å²) in [6, 6.07) is 13.1. The largest absolute Gasteiger partial charge is 0.486 e. The molecule has 1 aromatic heterocycles. The first-order valence-electron chi connectivity index (χ1n) is 12.0. The molecule has 0 fully saturated rings. The van der Waals surface area contributed by atoms with Crippen LogP contribution in [0, 0.1) is 5.82 Å². The smallest absolute Gasteiger partial charge is 0.416 e. The monoisotopic (exact) mass is 610 g/mol. The van der Waals surface area contributed by atoms with Gasteiger partial charge in [0.25, 0.3) is 10.0 Å². The van der Waals surface area contributed by atoms with Crippen LogP contribution in [0.25, 0.3) is 22.6 Å². The van der Waals surface area contributed by atoms with Gasteiger partial charge in [-0.15, -0.1) is 0 Å². The molecular formula is C27H19ClF4N2O6S. The van der Waals surface area contributed by atoms with Crippen LogP contribution in [-0.2, 0) is 21.0 Å². The summed E-state index contributed by atoms with van der Waals surface area (Å²) >= 11 is 6.11. The fourth-order valence-corrected chi connectivity index (χ4v) is 6.16. The molecule has 0 aliphatic carbocycles. The number of anilines is 1. The maximum atomic E-state index is 14.4. The highest BCUT2D eigenvalue weighted by Gasteiger charge is 2.37. The molecule has 1 aliphatic heterocycles. The molecule has 0 spiro atoms. The normalized spacial score (nSPS) is 15.3. The highest BCUT2D eigenvalue weighted by atomic mass is 35.5. The molecular weight excluding hydrogens is 592 g/mol. The number of carboxylic acid groups (broad SMARTS) is 1. The highest BCUT2D eigenvalue weighted by molar-refractivity contribution is 7.92. The summed E-state index contributed by atoms with van der Waals surface area (Å²) in [5.74, 6) is -1.70. The number of rotatable bonds is 7. The third kappa shape index (κ3) is 5.72. The quantitative estimate of drug-likeness (QED) is 0.234. The van der Waals surface area contributed by atoms with Crippen molar-refractivity contribution in [1.29, 1.82) is 0 Å². The second-order valence-electron chi connectivity index (χ2n) is 9.09. The van der Waals surface area contributed by atoms with Gasteiger partial charge in [0.2, 0.25) is 0 Å². The predicted molar refractivity (Wildman–Crippen MR) is 140 cm³/mol. The summed E-state index contributed by atoms with van der Waals surface area (Å²) in [5, 5.41) is 13.1. The Labute approximate surface area is 235 Å². The third-order valence-corrected chi connectivity index (χ3v) is 8.43. The first kappa shape index (κ1) is 28.4. The van der Waals surface area contributed by atoms with E-state index < -0.39 is 44.5 Å². The van der Waals surface area contributed by atoms with Crippen molar-refractivity contribution in [2.45, 2.75) is 30.0 Å². The number of halogens is 5. The molecule has 0 saturated carbocycles. The van der Waals surface area contributed by atoms with Crippen LogP contribution in [0.3, 0.4) is 0 Å². The minimum atomic E-state index is -4.78. The van der Waals surface area contributed by atoms with Gasteiger partial charge < -0.3 is 14.4 Å². The number of hydrogen-bond acceptors (Lipinski definition) is 6. The molecule has 1 aliphatic rings. The van der Waals surface area contributed by atoms with Gasteiger partial charge in [-0.2, -0.15) is 13.2 Å². The minimum Gasteiger partial charge on any atom is -0.486 e. The average molecular weight is 611 g/mol. The van der Waals surface area contributed by atoms with E-state index in [1.807, 2.05) is 0 Å². The van der Waals surface area contributed by atoms with Crippen LogP contribution in [0.15, 0.2) is 76.1 Å². The average Bonchev–Trinajstić information content (AvgIpc) is 3.40. The molecule has 0 unspecified atom stereocenters. The third-order valence-electron chi connectivity index (χ3n) is 6.34. The molecule has 0 radical (unpaired) electrons.